The maximum absolute atomic E-state index is 5.19. The fourth-order valence-electron chi connectivity index (χ4n) is 1.58. The van der Waals surface area contributed by atoms with Gasteiger partial charge < -0.3 is 5.32 Å². The van der Waals surface area contributed by atoms with Crippen molar-refractivity contribution in [3.05, 3.63) is 29.3 Å². The third-order valence-corrected chi connectivity index (χ3v) is 3.76. The molecule has 0 fully saturated rings. The van der Waals surface area contributed by atoms with Crippen molar-refractivity contribution >= 4 is 44.6 Å². The Morgan fingerprint density at radius 3 is 2.65 bits per heavy atom. The highest BCUT2D eigenvalue weighted by molar-refractivity contribution is 7.80. The Hall–Kier alpha value is -1.53. The quantitative estimate of drug-likeness (QED) is 0.508. The van der Waals surface area contributed by atoms with Gasteiger partial charge in [0.1, 0.15) is 5.01 Å². The lowest BCUT2D eigenvalue weighted by molar-refractivity contribution is 0.508. The second-order valence-corrected chi connectivity index (χ2v) is 6.94. The molecule has 1 aromatic carbocycles. The zero-order valence-corrected chi connectivity index (χ0v) is 13.7. The Bertz CT molecular complexity index is 619. The Morgan fingerprint density at radius 1 is 1.30 bits per heavy atom. The van der Waals surface area contributed by atoms with E-state index in [2.05, 4.69) is 26.9 Å². The third-order valence-electron chi connectivity index (χ3n) is 2.42. The predicted molar refractivity (Wildman–Crippen MR) is 90.5 cm³/mol. The average Bonchev–Trinajstić information content (AvgIpc) is 2.77. The van der Waals surface area contributed by atoms with Crippen molar-refractivity contribution in [2.75, 3.05) is 0 Å². The van der Waals surface area contributed by atoms with E-state index in [1.165, 1.54) is 0 Å². The van der Waals surface area contributed by atoms with Gasteiger partial charge in [0.05, 0.1) is 15.9 Å². The van der Waals surface area contributed by atoms with Crippen LogP contribution >= 0.6 is 23.6 Å². The zero-order chi connectivity index (χ0) is 14.8. The normalized spacial score (nSPS) is 12.5. The molecule has 0 spiro atoms. The molecule has 0 bridgehead atoms. The first kappa shape index (κ1) is 14.9. The standard InChI is InChI=1S/C14H18N4S2/c1-9(17-18-13(19)16-14(2,3)4)12-15-10-7-5-6-8-11(10)20-12/h5-8H,1-4H3,(H2,16,18,19)/b17-9-. The molecule has 20 heavy (non-hydrogen) atoms. The van der Waals surface area contributed by atoms with Crippen LogP contribution in [0.4, 0.5) is 0 Å². The number of hydrogen-bond acceptors (Lipinski definition) is 4. The summed E-state index contributed by atoms with van der Waals surface area (Å²) in [5.74, 6) is 0. The van der Waals surface area contributed by atoms with E-state index in [4.69, 9.17) is 12.2 Å². The Balaban J connectivity index is 2.08. The highest BCUT2D eigenvalue weighted by Crippen LogP contribution is 2.21. The predicted octanol–water partition coefficient (Wildman–Crippen LogP) is 3.28. The second kappa shape index (κ2) is 5.85. The molecule has 0 aliphatic rings. The van der Waals surface area contributed by atoms with E-state index in [1.54, 1.807) is 11.3 Å². The molecule has 0 atom stereocenters. The van der Waals surface area contributed by atoms with Gasteiger partial charge in [0.25, 0.3) is 0 Å². The monoisotopic (exact) mass is 306 g/mol. The van der Waals surface area contributed by atoms with Gasteiger partial charge in [0.2, 0.25) is 0 Å². The Labute approximate surface area is 128 Å². The number of thiazole rings is 1. The lowest BCUT2D eigenvalue weighted by Gasteiger charge is -2.21. The number of rotatable bonds is 2. The van der Waals surface area contributed by atoms with Crippen LogP contribution in [-0.2, 0) is 0 Å². The molecule has 1 heterocycles. The SMILES string of the molecule is C/C(=N/NC(=S)NC(C)(C)C)c1nc2ccccc2s1. The number of hydrogen-bond donors (Lipinski definition) is 2. The smallest absolute Gasteiger partial charge is 0.187 e. The number of aromatic nitrogens is 1. The number of para-hydroxylation sites is 1. The summed E-state index contributed by atoms with van der Waals surface area (Å²) in [6, 6.07) is 8.06. The van der Waals surface area contributed by atoms with Crippen molar-refractivity contribution in [2.24, 2.45) is 5.10 Å². The summed E-state index contributed by atoms with van der Waals surface area (Å²) in [6.45, 7) is 8.06. The van der Waals surface area contributed by atoms with Crippen molar-refractivity contribution in [1.82, 2.24) is 15.7 Å². The molecular weight excluding hydrogens is 288 g/mol. The molecule has 4 nitrogen and oxygen atoms in total. The first-order chi connectivity index (χ1) is 9.35. The lowest BCUT2D eigenvalue weighted by Crippen LogP contribution is -2.44. The highest BCUT2D eigenvalue weighted by atomic mass is 32.1. The van der Waals surface area contributed by atoms with Crippen LogP contribution in [0.15, 0.2) is 29.4 Å². The minimum atomic E-state index is -0.0800. The van der Waals surface area contributed by atoms with E-state index in [9.17, 15) is 0 Å². The largest absolute Gasteiger partial charge is 0.357 e. The summed E-state index contributed by atoms with van der Waals surface area (Å²) >= 11 is 6.81. The molecule has 0 unspecified atom stereocenters. The summed E-state index contributed by atoms with van der Waals surface area (Å²) in [6.07, 6.45) is 0. The number of thiocarbonyl (C=S) groups is 1. The number of nitrogens with one attached hydrogen (secondary N) is 2. The van der Waals surface area contributed by atoms with E-state index in [-0.39, 0.29) is 5.54 Å². The minimum Gasteiger partial charge on any atom is -0.357 e. The molecule has 0 amide bonds. The fourth-order valence-corrected chi connectivity index (χ4v) is 2.84. The maximum atomic E-state index is 5.19. The molecule has 0 saturated heterocycles. The van der Waals surface area contributed by atoms with E-state index >= 15 is 0 Å². The summed E-state index contributed by atoms with van der Waals surface area (Å²) in [5, 5.41) is 8.85. The van der Waals surface area contributed by atoms with Gasteiger partial charge in [-0.25, -0.2) is 4.98 Å². The fraction of sp³-hybridized carbons (Fsp3) is 0.357. The number of benzene rings is 1. The van der Waals surface area contributed by atoms with E-state index in [0.29, 0.717) is 5.11 Å². The molecule has 2 N–H and O–H groups in total. The van der Waals surface area contributed by atoms with Crippen molar-refractivity contribution in [1.29, 1.82) is 0 Å². The van der Waals surface area contributed by atoms with Crippen LogP contribution in [0.25, 0.3) is 10.2 Å². The Kier molecular flexibility index (Phi) is 4.35. The van der Waals surface area contributed by atoms with Crippen molar-refractivity contribution in [2.45, 2.75) is 33.2 Å². The second-order valence-electron chi connectivity index (χ2n) is 5.50. The van der Waals surface area contributed by atoms with Gasteiger partial charge in [-0.05, 0) is 52.0 Å². The molecule has 6 heteroatoms. The molecular formula is C14H18N4S2. The molecule has 0 aliphatic heterocycles. The van der Waals surface area contributed by atoms with Crippen LogP contribution in [0.1, 0.15) is 32.7 Å². The van der Waals surface area contributed by atoms with Gasteiger partial charge in [0.15, 0.2) is 5.11 Å². The highest BCUT2D eigenvalue weighted by Gasteiger charge is 2.11. The van der Waals surface area contributed by atoms with E-state index in [0.717, 1.165) is 20.9 Å². The summed E-state index contributed by atoms with van der Waals surface area (Å²) in [7, 11) is 0. The van der Waals surface area contributed by atoms with Crippen LogP contribution < -0.4 is 10.7 Å². The number of fused-ring (bicyclic) bond motifs is 1. The Morgan fingerprint density at radius 2 is 2.00 bits per heavy atom. The van der Waals surface area contributed by atoms with E-state index < -0.39 is 0 Å². The molecule has 1 aromatic heterocycles. The van der Waals surface area contributed by atoms with Gasteiger partial charge in [-0.2, -0.15) is 5.10 Å². The molecule has 0 saturated carbocycles. The van der Waals surface area contributed by atoms with Gasteiger partial charge in [-0.1, -0.05) is 12.1 Å². The van der Waals surface area contributed by atoms with Crippen LogP contribution in [0.2, 0.25) is 0 Å². The first-order valence-corrected chi connectivity index (χ1v) is 7.56. The topological polar surface area (TPSA) is 49.3 Å². The minimum absolute atomic E-state index is 0.0800. The summed E-state index contributed by atoms with van der Waals surface area (Å²) in [5.41, 5.74) is 4.60. The zero-order valence-electron chi connectivity index (χ0n) is 12.0. The number of nitrogens with zero attached hydrogens (tertiary/aromatic N) is 2. The molecule has 0 aliphatic carbocycles. The van der Waals surface area contributed by atoms with Crippen LogP contribution in [0.5, 0.6) is 0 Å². The van der Waals surface area contributed by atoms with Crippen molar-refractivity contribution < 1.29 is 0 Å². The van der Waals surface area contributed by atoms with Gasteiger partial charge in [0, 0.05) is 5.54 Å². The van der Waals surface area contributed by atoms with Crippen LogP contribution in [0.3, 0.4) is 0 Å². The molecule has 106 valence electrons. The summed E-state index contributed by atoms with van der Waals surface area (Å²) in [4.78, 5) is 4.55. The molecule has 0 radical (unpaired) electrons. The van der Waals surface area contributed by atoms with Crippen molar-refractivity contribution in [3.8, 4) is 0 Å². The van der Waals surface area contributed by atoms with E-state index in [1.807, 2.05) is 45.9 Å². The van der Waals surface area contributed by atoms with Gasteiger partial charge >= 0.3 is 0 Å². The molecule has 2 rings (SSSR count). The maximum Gasteiger partial charge on any atom is 0.187 e. The summed E-state index contributed by atoms with van der Waals surface area (Å²) < 4.78 is 1.16. The van der Waals surface area contributed by atoms with Gasteiger partial charge in [-0.15, -0.1) is 11.3 Å². The average molecular weight is 306 g/mol. The third kappa shape index (κ3) is 3.98. The first-order valence-electron chi connectivity index (χ1n) is 6.33. The number of hydrazone groups is 1. The van der Waals surface area contributed by atoms with Crippen LogP contribution in [-0.4, -0.2) is 21.3 Å². The van der Waals surface area contributed by atoms with Crippen LogP contribution in [0, 0.1) is 0 Å². The van der Waals surface area contributed by atoms with Gasteiger partial charge in [-0.3, -0.25) is 5.43 Å². The lowest BCUT2D eigenvalue weighted by atomic mass is 10.1. The van der Waals surface area contributed by atoms with Crippen molar-refractivity contribution in [3.63, 3.8) is 0 Å². The molecule has 2 aromatic rings.